The van der Waals surface area contributed by atoms with Crippen molar-refractivity contribution in [3.8, 4) is 0 Å². The molecule has 1 fully saturated rings. The van der Waals surface area contributed by atoms with Gasteiger partial charge in [-0.15, -0.1) is 0 Å². The van der Waals surface area contributed by atoms with Crippen molar-refractivity contribution in [2.24, 2.45) is 5.92 Å². The fraction of sp³-hybridized carbons (Fsp3) is 0.538. The average molecular weight is 322 g/mol. The molecule has 2 unspecified atom stereocenters. The van der Waals surface area contributed by atoms with Crippen LogP contribution < -0.4 is 0 Å². The maximum absolute atomic E-state index is 13.6. The quantitative estimate of drug-likeness (QED) is 0.923. The number of sulfonamides is 1. The summed E-state index contributed by atoms with van der Waals surface area (Å²) in [5.41, 5.74) is 0.0676. The van der Waals surface area contributed by atoms with E-state index in [1.165, 1.54) is 16.4 Å². The van der Waals surface area contributed by atoms with E-state index >= 15 is 0 Å². The second kappa shape index (κ2) is 5.97. The molecule has 1 N–H and O–H groups in total. The van der Waals surface area contributed by atoms with E-state index in [0.29, 0.717) is 18.0 Å². The first-order valence-electron chi connectivity index (χ1n) is 6.39. The van der Waals surface area contributed by atoms with Crippen LogP contribution in [0.2, 0.25) is 5.02 Å². The van der Waals surface area contributed by atoms with Gasteiger partial charge in [-0.25, -0.2) is 17.1 Å². The lowest BCUT2D eigenvalue weighted by Gasteiger charge is -2.18. The fourth-order valence-corrected chi connectivity index (χ4v) is 4.14. The van der Waals surface area contributed by atoms with Crippen molar-refractivity contribution >= 4 is 21.6 Å². The van der Waals surface area contributed by atoms with Crippen LogP contribution in [0.25, 0.3) is 0 Å². The molecule has 1 aromatic carbocycles. The van der Waals surface area contributed by atoms with Crippen molar-refractivity contribution in [2.75, 3.05) is 13.1 Å². The summed E-state index contributed by atoms with van der Waals surface area (Å²) < 4.78 is 39.5. The minimum Gasteiger partial charge on any atom is -0.393 e. The van der Waals surface area contributed by atoms with Gasteiger partial charge in [-0.3, -0.25) is 0 Å². The minimum atomic E-state index is -3.60. The summed E-state index contributed by atoms with van der Waals surface area (Å²) in [5.74, 6) is -1.05. The van der Waals surface area contributed by atoms with E-state index in [9.17, 15) is 17.9 Å². The van der Waals surface area contributed by atoms with Gasteiger partial charge < -0.3 is 5.11 Å². The van der Waals surface area contributed by atoms with Crippen molar-refractivity contribution in [1.82, 2.24) is 4.31 Å². The van der Waals surface area contributed by atoms with Gasteiger partial charge >= 0.3 is 0 Å². The van der Waals surface area contributed by atoms with Crippen molar-refractivity contribution in [3.05, 3.63) is 34.6 Å². The second-order valence-electron chi connectivity index (χ2n) is 5.14. The molecule has 112 valence electrons. The van der Waals surface area contributed by atoms with Gasteiger partial charge in [0.1, 0.15) is 5.82 Å². The van der Waals surface area contributed by atoms with E-state index < -0.39 is 27.7 Å². The van der Waals surface area contributed by atoms with E-state index in [1.54, 1.807) is 6.92 Å². The number of aliphatic hydroxyl groups excluding tert-OH is 1. The highest BCUT2D eigenvalue weighted by molar-refractivity contribution is 7.88. The molecule has 0 saturated carbocycles. The molecule has 4 nitrogen and oxygen atoms in total. The Morgan fingerprint density at radius 2 is 2.25 bits per heavy atom. The predicted molar refractivity (Wildman–Crippen MR) is 75.4 cm³/mol. The Labute approximate surface area is 123 Å². The summed E-state index contributed by atoms with van der Waals surface area (Å²) >= 11 is 5.76. The van der Waals surface area contributed by atoms with Gasteiger partial charge in [0, 0.05) is 23.7 Å². The predicted octanol–water partition coefficient (Wildman–Crippen LogP) is 2.01. The van der Waals surface area contributed by atoms with Gasteiger partial charge in [-0.2, -0.15) is 0 Å². The number of hydrogen-bond donors (Lipinski definition) is 1. The fourth-order valence-electron chi connectivity index (χ4n) is 2.34. The SMILES string of the molecule is CC(O)C1CCN(S(=O)(=O)Cc2cc(Cl)ccc2F)C1. The Morgan fingerprint density at radius 1 is 1.55 bits per heavy atom. The van der Waals surface area contributed by atoms with Crippen LogP contribution >= 0.6 is 11.6 Å². The maximum atomic E-state index is 13.6. The third-order valence-electron chi connectivity index (χ3n) is 3.61. The Balaban J connectivity index is 2.14. The molecule has 1 aliphatic heterocycles. The average Bonchev–Trinajstić information content (AvgIpc) is 2.84. The number of aliphatic hydroxyl groups is 1. The van der Waals surface area contributed by atoms with Gasteiger partial charge in [0.2, 0.25) is 10.0 Å². The zero-order chi connectivity index (χ0) is 14.9. The lowest BCUT2D eigenvalue weighted by Crippen LogP contribution is -2.31. The lowest BCUT2D eigenvalue weighted by atomic mass is 10.0. The molecule has 0 radical (unpaired) electrons. The monoisotopic (exact) mass is 321 g/mol. The highest BCUT2D eigenvalue weighted by atomic mass is 35.5. The van der Waals surface area contributed by atoms with Crippen LogP contribution in [0.3, 0.4) is 0 Å². The van der Waals surface area contributed by atoms with Crippen molar-refractivity contribution in [2.45, 2.75) is 25.2 Å². The van der Waals surface area contributed by atoms with Crippen LogP contribution in [0.4, 0.5) is 4.39 Å². The third-order valence-corrected chi connectivity index (χ3v) is 5.64. The zero-order valence-corrected chi connectivity index (χ0v) is 12.7. The minimum absolute atomic E-state index is 0.0611. The highest BCUT2D eigenvalue weighted by Crippen LogP contribution is 2.25. The molecule has 0 bridgehead atoms. The van der Waals surface area contributed by atoms with Crippen LogP contribution in [0.1, 0.15) is 18.9 Å². The lowest BCUT2D eigenvalue weighted by molar-refractivity contribution is 0.133. The third kappa shape index (κ3) is 3.49. The Morgan fingerprint density at radius 3 is 2.85 bits per heavy atom. The summed E-state index contributed by atoms with van der Waals surface area (Å²) in [6.07, 6.45) is 0.0765. The molecule has 0 spiro atoms. The zero-order valence-electron chi connectivity index (χ0n) is 11.1. The first kappa shape index (κ1) is 15.7. The normalized spacial score (nSPS) is 22.1. The summed E-state index contributed by atoms with van der Waals surface area (Å²) in [5, 5.41) is 9.81. The van der Waals surface area contributed by atoms with Crippen LogP contribution in [-0.2, 0) is 15.8 Å². The van der Waals surface area contributed by atoms with Gasteiger partial charge in [-0.1, -0.05) is 11.6 Å². The summed E-state index contributed by atoms with van der Waals surface area (Å²) in [6.45, 7) is 2.29. The molecular weight excluding hydrogens is 305 g/mol. The summed E-state index contributed by atoms with van der Waals surface area (Å²) in [6, 6.07) is 3.87. The van der Waals surface area contributed by atoms with Crippen LogP contribution in [-0.4, -0.2) is 37.0 Å². The van der Waals surface area contributed by atoms with E-state index in [1.807, 2.05) is 0 Å². The van der Waals surface area contributed by atoms with E-state index in [-0.39, 0.29) is 18.0 Å². The molecule has 2 rings (SSSR count). The maximum Gasteiger partial charge on any atom is 0.218 e. The Kier molecular flexibility index (Phi) is 4.69. The van der Waals surface area contributed by atoms with Crippen molar-refractivity contribution in [3.63, 3.8) is 0 Å². The van der Waals surface area contributed by atoms with Crippen LogP contribution in [0.15, 0.2) is 18.2 Å². The largest absolute Gasteiger partial charge is 0.393 e. The highest BCUT2D eigenvalue weighted by Gasteiger charge is 2.33. The van der Waals surface area contributed by atoms with Gasteiger partial charge in [0.15, 0.2) is 0 Å². The summed E-state index contributed by atoms with van der Waals surface area (Å²) in [7, 11) is -3.60. The molecule has 1 heterocycles. The first-order valence-corrected chi connectivity index (χ1v) is 8.38. The van der Waals surface area contributed by atoms with Gasteiger partial charge in [-0.05, 0) is 37.5 Å². The molecule has 0 amide bonds. The topological polar surface area (TPSA) is 57.6 Å². The van der Waals surface area contributed by atoms with Crippen LogP contribution in [0, 0.1) is 11.7 Å². The van der Waals surface area contributed by atoms with Crippen LogP contribution in [0.5, 0.6) is 0 Å². The molecule has 0 aromatic heterocycles. The number of benzene rings is 1. The Bertz CT molecular complexity index is 591. The molecular formula is C13H17ClFNO3S. The van der Waals surface area contributed by atoms with Gasteiger partial charge in [0.05, 0.1) is 11.9 Å². The number of nitrogens with zero attached hydrogens (tertiary/aromatic N) is 1. The van der Waals surface area contributed by atoms with Crippen molar-refractivity contribution in [1.29, 1.82) is 0 Å². The molecule has 1 aromatic rings. The van der Waals surface area contributed by atoms with E-state index in [0.717, 1.165) is 6.07 Å². The standard InChI is InChI=1S/C13H17ClFNO3S/c1-9(17)10-4-5-16(7-10)20(18,19)8-11-6-12(14)2-3-13(11)15/h2-3,6,9-10,17H,4-5,7-8H2,1H3. The molecule has 7 heteroatoms. The first-order chi connectivity index (χ1) is 9.29. The smallest absolute Gasteiger partial charge is 0.218 e. The number of halogens is 2. The second-order valence-corrected chi connectivity index (χ2v) is 7.54. The molecule has 2 atom stereocenters. The number of hydrogen-bond acceptors (Lipinski definition) is 3. The van der Waals surface area contributed by atoms with E-state index in [2.05, 4.69) is 0 Å². The molecule has 0 aliphatic carbocycles. The molecule has 1 aliphatic rings. The molecule has 1 saturated heterocycles. The molecule has 20 heavy (non-hydrogen) atoms. The number of rotatable bonds is 4. The Hall–Kier alpha value is -0.690. The van der Waals surface area contributed by atoms with Crippen molar-refractivity contribution < 1.29 is 17.9 Å². The van der Waals surface area contributed by atoms with E-state index in [4.69, 9.17) is 11.6 Å². The summed E-state index contributed by atoms with van der Waals surface area (Å²) in [4.78, 5) is 0. The van der Waals surface area contributed by atoms with Gasteiger partial charge in [0.25, 0.3) is 0 Å².